The summed E-state index contributed by atoms with van der Waals surface area (Å²) in [6.07, 6.45) is 4.20. The summed E-state index contributed by atoms with van der Waals surface area (Å²) in [5.74, 6) is 2.00. The van der Waals surface area contributed by atoms with Crippen molar-refractivity contribution in [2.45, 2.75) is 44.4 Å². The average Bonchev–Trinajstić information content (AvgIpc) is 2.20. The summed E-state index contributed by atoms with van der Waals surface area (Å²) >= 11 is 2.12. The SMILES string of the molecule is CC(C)C(CN)NCC1CCCCS1. The van der Waals surface area contributed by atoms with Gasteiger partial charge >= 0.3 is 0 Å². The molecule has 0 aromatic heterocycles. The summed E-state index contributed by atoms with van der Waals surface area (Å²) in [5, 5.41) is 4.42. The molecule has 2 unspecified atom stereocenters. The normalized spacial score (nSPS) is 25.3. The Hall–Kier alpha value is 0.270. The van der Waals surface area contributed by atoms with E-state index < -0.39 is 0 Å². The summed E-state index contributed by atoms with van der Waals surface area (Å²) in [7, 11) is 0. The Labute approximate surface area is 92.4 Å². The lowest BCUT2D eigenvalue weighted by Gasteiger charge is -2.26. The third-order valence-corrected chi connectivity index (χ3v) is 4.34. The van der Waals surface area contributed by atoms with Crippen molar-refractivity contribution < 1.29 is 0 Å². The predicted molar refractivity (Wildman–Crippen MR) is 65.8 cm³/mol. The predicted octanol–water partition coefficient (Wildman–Crippen LogP) is 1.85. The van der Waals surface area contributed by atoms with Crippen LogP contribution in [0.4, 0.5) is 0 Å². The van der Waals surface area contributed by atoms with Gasteiger partial charge in [0, 0.05) is 24.4 Å². The molecule has 3 N–H and O–H groups in total. The number of hydrogen-bond donors (Lipinski definition) is 2. The second kappa shape index (κ2) is 6.70. The van der Waals surface area contributed by atoms with Crippen LogP contribution in [0, 0.1) is 5.92 Å². The Balaban J connectivity index is 2.16. The molecule has 14 heavy (non-hydrogen) atoms. The van der Waals surface area contributed by atoms with Gasteiger partial charge in [0.05, 0.1) is 0 Å². The Bertz CT molecular complexity index is 144. The molecule has 0 aromatic rings. The second-order valence-corrected chi connectivity index (χ2v) is 5.89. The van der Waals surface area contributed by atoms with Gasteiger partial charge in [0.25, 0.3) is 0 Å². The molecule has 1 fully saturated rings. The first-order chi connectivity index (χ1) is 6.74. The molecule has 0 radical (unpaired) electrons. The number of nitrogens with one attached hydrogen (secondary N) is 1. The lowest BCUT2D eigenvalue weighted by Crippen LogP contribution is -2.43. The van der Waals surface area contributed by atoms with E-state index in [4.69, 9.17) is 5.73 Å². The fourth-order valence-corrected chi connectivity index (χ4v) is 3.09. The first-order valence-electron chi connectivity index (χ1n) is 5.79. The number of thioether (sulfide) groups is 1. The van der Waals surface area contributed by atoms with E-state index in [-0.39, 0.29) is 0 Å². The zero-order valence-corrected chi connectivity index (χ0v) is 10.3. The minimum Gasteiger partial charge on any atom is -0.329 e. The zero-order valence-electron chi connectivity index (χ0n) is 9.46. The molecule has 1 heterocycles. The van der Waals surface area contributed by atoms with Crippen LogP contribution in [0.3, 0.4) is 0 Å². The second-order valence-electron chi connectivity index (χ2n) is 4.48. The fourth-order valence-electron chi connectivity index (χ4n) is 1.84. The number of nitrogens with two attached hydrogens (primary N) is 1. The van der Waals surface area contributed by atoms with Gasteiger partial charge in [0.15, 0.2) is 0 Å². The monoisotopic (exact) mass is 216 g/mol. The third-order valence-electron chi connectivity index (χ3n) is 2.94. The third kappa shape index (κ3) is 4.20. The Morgan fingerprint density at radius 2 is 2.21 bits per heavy atom. The van der Waals surface area contributed by atoms with Crippen LogP contribution in [0.15, 0.2) is 0 Å². The summed E-state index contributed by atoms with van der Waals surface area (Å²) in [6.45, 7) is 6.37. The van der Waals surface area contributed by atoms with E-state index in [0.717, 1.165) is 18.3 Å². The Morgan fingerprint density at radius 3 is 2.71 bits per heavy atom. The highest BCUT2D eigenvalue weighted by molar-refractivity contribution is 7.99. The van der Waals surface area contributed by atoms with Crippen molar-refractivity contribution >= 4 is 11.8 Å². The van der Waals surface area contributed by atoms with E-state index in [9.17, 15) is 0 Å². The number of rotatable bonds is 5. The lowest BCUT2D eigenvalue weighted by molar-refractivity contribution is 0.402. The van der Waals surface area contributed by atoms with Crippen molar-refractivity contribution in [1.82, 2.24) is 5.32 Å². The largest absolute Gasteiger partial charge is 0.329 e. The maximum atomic E-state index is 5.72. The van der Waals surface area contributed by atoms with Gasteiger partial charge in [-0.2, -0.15) is 11.8 Å². The van der Waals surface area contributed by atoms with Crippen LogP contribution < -0.4 is 11.1 Å². The van der Waals surface area contributed by atoms with Crippen molar-refractivity contribution in [3.8, 4) is 0 Å². The standard InChI is InChI=1S/C11H24N2S/c1-9(2)11(7-12)13-8-10-5-3-4-6-14-10/h9-11,13H,3-8,12H2,1-2H3. The minimum atomic E-state index is 0.498. The van der Waals surface area contributed by atoms with Crippen molar-refractivity contribution in [3.63, 3.8) is 0 Å². The Morgan fingerprint density at radius 1 is 1.43 bits per heavy atom. The fraction of sp³-hybridized carbons (Fsp3) is 1.00. The minimum absolute atomic E-state index is 0.498. The molecule has 3 heteroatoms. The molecule has 1 aliphatic rings. The van der Waals surface area contributed by atoms with Crippen LogP contribution in [0.5, 0.6) is 0 Å². The van der Waals surface area contributed by atoms with Gasteiger partial charge in [-0.1, -0.05) is 20.3 Å². The molecule has 1 aliphatic heterocycles. The lowest BCUT2D eigenvalue weighted by atomic mass is 10.0. The van der Waals surface area contributed by atoms with Crippen molar-refractivity contribution in [3.05, 3.63) is 0 Å². The van der Waals surface area contributed by atoms with E-state index in [1.165, 1.54) is 25.0 Å². The molecule has 0 spiro atoms. The van der Waals surface area contributed by atoms with Gasteiger partial charge in [-0.05, 0) is 24.5 Å². The molecule has 0 saturated carbocycles. The van der Waals surface area contributed by atoms with Gasteiger partial charge in [-0.25, -0.2) is 0 Å². The molecule has 0 amide bonds. The molecule has 1 saturated heterocycles. The Kier molecular flexibility index (Phi) is 5.90. The molecule has 84 valence electrons. The van der Waals surface area contributed by atoms with E-state index in [1.807, 2.05) is 0 Å². The highest BCUT2D eigenvalue weighted by Crippen LogP contribution is 2.24. The summed E-state index contributed by atoms with van der Waals surface area (Å²) < 4.78 is 0. The van der Waals surface area contributed by atoms with Crippen LogP contribution >= 0.6 is 11.8 Å². The van der Waals surface area contributed by atoms with Gasteiger partial charge in [0.1, 0.15) is 0 Å². The van der Waals surface area contributed by atoms with E-state index >= 15 is 0 Å². The molecule has 0 bridgehead atoms. The summed E-state index contributed by atoms with van der Waals surface area (Å²) in [6, 6.07) is 0.498. The zero-order chi connectivity index (χ0) is 10.4. The molecule has 2 nitrogen and oxygen atoms in total. The first kappa shape index (κ1) is 12.3. The smallest absolute Gasteiger partial charge is 0.0213 e. The van der Waals surface area contributed by atoms with E-state index in [2.05, 4.69) is 30.9 Å². The van der Waals surface area contributed by atoms with Crippen LogP contribution in [-0.4, -0.2) is 30.1 Å². The highest BCUT2D eigenvalue weighted by Gasteiger charge is 2.16. The van der Waals surface area contributed by atoms with Crippen LogP contribution in [-0.2, 0) is 0 Å². The quantitative estimate of drug-likeness (QED) is 0.736. The molecular weight excluding hydrogens is 192 g/mol. The molecule has 2 atom stereocenters. The average molecular weight is 216 g/mol. The van der Waals surface area contributed by atoms with Crippen molar-refractivity contribution in [2.24, 2.45) is 11.7 Å². The first-order valence-corrected chi connectivity index (χ1v) is 6.84. The van der Waals surface area contributed by atoms with Crippen LogP contribution in [0.1, 0.15) is 33.1 Å². The molecular formula is C11H24N2S. The van der Waals surface area contributed by atoms with Gasteiger partial charge in [-0.15, -0.1) is 0 Å². The topological polar surface area (TPSA) is 38.0 Å². The van der Waals surface area contributed by atoms with Crippen LogP contribution in [0.25, 0.3) is 0 Å². The maximum Gasteiger partial charge on any atom is 0.0213 e. The van der Waals surface area contributed by atoms with Crippen molar-refractivity contribution in [1.29, 1.82) is 0 Å². The van der Waals surface area contributed by atoms with Gasteiger partial charge in [0.2, 0.25) is 0 Å². The maximum absolute atomic E-state index is 5.72. The van der Waals surface area contributed by atoms with Crippen molar-refractivity contribution in [2.75, 3.05) is 18.8 Å². The molecule has 0 aromatic carbocycles. The van der Waals surface area contributed by atoms with Crippen LogP contribution in [0.2, 0.25) is 0 Å². The van der Waals surface area contributed by atoms with E-state index in [1.54, 1.807) is 0 Å². The number of hydrogen-bond acceptors (Lipinski definition) is 3. The molecule has 1 rings (SSSR count). The van der Waals surface area contributed by atoms with Gasteiger partial charge in [-0.3, -0.25) is 0 Å². The van der Waals surface area contributed by atoms with Gasteiger partial charge < -0.3 is 11.1 Å². The summed E-state index contributed by atoms with van der Waals surface area (Å²) in [4.78, 5) is 0. The summed E-state index contributed by atoms with van der Waals surface area (Å²) in [5.41, 5.74) is 5.72. The van der Waals surface area contributed by atoms with E-state index in [0.29, 0.717) is 12.0 Å². The molecule has 0 aliphatic carbocycles. The highest BCUT2D eigenvalue weighted by atomic mass is 32.2.